The molecule has 2 aliphatic rings. The number of imidazole rings is 1. The van der Waals surface area contributed by atoms with E-state index < -0.39 is 31.8 Å². The molecule has 2 saturated heterocycles. The van der Waals surface area contributed by atoms with Crippen LogP contribution in [0.5, 0.6) is 5.75 Å². The number of halogens is 3. The van der Waals surface area contributed by atoms with Gasteiger partial charge >= 0.3 is 0 Å². The average Bonchev–Trinajstić information content (AvgIpc) is 3.37. The number of hydrogen-bond donors (Lipinski definition) is 0. The van der Waals surface area contributed by atoms with E-state index in [4.69, 9.17) is 9.16 Å². The van der Waals surface area contributed by atoms with Crippen molar-refractivity contribution in [2.75, 3.05) is 7.11 Å². The van der Waals surface area contributed by atoms with Crippen LogP contribution in [0, 0.1) is 24.4 Å². The van der Waals surface area contributed by atoms with Gasteiger partial charge in [0, 0.05) is 23.9 Å². The minimum absolute atomic E-state index is 0.0285. The standard InChI is InChI=1S/C33H40F3N3O3Si/c1-20-18-38(19-37-20)28-11-8-21(13-30(28)41-5)12-22-9-10-24-16-25(42-43(6,7)33(2,3)4)17-29(39(24)32(22)40)23-14-26(34)31(36)27(35)15-23/h8,11-15,18-19,24-25,29H,9-10,16-17H2,1-7H3/t24-,25-,29+/m1/s1. The maximum absolute atomic E-state index is 14.5. The first-order valence-electron chi connectivity index (χ1n) is 14.7. The largest absolute Gasteiger partial charge is 0.495 e. The van der Waals surface area contributed by atoms with Gasteiger partial charge in [0.2, 0.25) is 0 Å². The van der Waals surface area contributed by atoms with Crippen LogP contribution in [-0.4, -0.2) is 47.9 Å². The number of rotatable bonds is 6. The monoisotopic (exact) mass is 611 g/mol. The van der Waals surface area contributed by atoms with Crippen LogP contribution < -0.4 is 4.74 Å². The van der Waals surface area contributed by atoms with Crippen molar-refractivity contribution < 1.29 is 27.1 Å². The molecule has 43 heavy (non-hydrogen) atoms. The Bertz CT molecular complexity index is 1540. The third-order valence-corrected chi connectivity index (χ3v) is 13.7. The molecular formula is C33H40F3N3O3Si. The predicted molar refractivity (Wildman–Crippen MR) is 163 cm³/mol. The highest BCUT2D eigenvalue weighted by Gasteiger charge is 2.46. The van der Waals surface area contributed by atoms with Crippen LogP contribution in [0.4, 0.5) is 13.2 Å². The number of carbonyl (C=O) groups is 1. The summed E-state index contributed by atoms with van der Waals surface area (Å²) in [6.45, 7) is 12.7. The summed E-state index contributed by atoms with van der Waals surface area (Å²) >= 11 is 0. The Morgan fingerprint density at radius 3 is 2.37 bits per heavy atom. The zero-order chi connectivity index (χ0) is 31.3. The summed E-state index contributed by atoms with van der Waals surface area (Å²) in [7, 11) is -0.574. The molecule has 230 valence electrons. The zero-order valence-electron chi connectivity index (χ0n) is 25.9. The minimum Gasteiger partial charge on any atom is -0.495 e. The second-order valence-electron chi connectivity index (χ2n) is 13.2. The van der Waals surface area contributed by atoms with Crippen LogP contribution in [0.3, 0.4) is 0 Å². The highest BCUT2D eigenvalue weighted by atomic mass is 28.4. The van der Waals surface area contributed by atoms with Crippen LogP contribution in [0.25, 0.3) is 11.8 Å². The molecule has 3 atom stereocenters. The molecule has 6 nitrogen and oxygen atoms in total. The quantitative estimate of drug-likeness (QED) is 0.162. The van der Waals surface area contributed by atoms with E-state index in [-0.39, 0.29) is 28.7 Å². The van der Waals surface area contributed by atoms with Gasteiger partial charge in [-0.05, 0) is 92.2 Å². The lowest BCUT2D eigenvalue weighted by Crippen LogP contribution is -2.55. The van der Waals surface area contributed by atoms with Gasteiger partial charge in [-0.25, -0.2) is 18.2 Å². The fourth-order valence-electron chi connectivity index (χ4n) is 5.93. The van der Waals surface area contributed by atoms with E-state index in [2.05, 4.69) is 38.8 Å². The van der Waals surface area contributed by atoms with Crippen LogP contribution >= 0.6 is 0 Å². The molecular weight excluding hydrogens is 571 g/mol. The number of piperidine rings is 2. The summed E-state index contributed by atoms with van der Waals surface area (Å²) in [4.78, 5) is 20.1. The van der Waals surface area contributed by atoms with Gasteiger partial charge in [-0.3, -0.25) is 4.79 Å². The van der Waals surface area contributed by atoms with Gasteiger partial charge in [0.25, 0.3) is 5.91 Å². The first-order valence-corrected chi connectivity index (χ1v) is 17.6. The second kappa shape index (κ2) is 11.6. The lowest BCUT2D eigenvalue weighted by molar-refractivity contribution is -0.139. The molecule has 0 aliphatic carbocycles. The van der Waals surface area contributed by atoms with Gasteiger partial charge in [-0.15, -0.1) is 0 Å². The van der Waals surface area contributed by atoms with Crippen LogP contribution in [-0.2, 0) is 9.22 Å². The van der Waals surface area contributed by atoms with E-state index in [1.165, 1.54) is 0 Å². The van der Waals surface area contributed by atoms with Gasteiger partial charge in [0.05, 0.1) is 30.9 Å². The van der Waals surface area contributed by atoms with Crippen molar-refractivity contribution in [1.29, 1.82) is 0 Å². The predicted octanol–water partition coefficient (Wildman–Crippen LogP) is 7.91. The van der Waals surface area contributed by atoms with E-state index in [0.717, 1.165) is 29.1 Å². The van der Waals surface area contributed by atoms with Crippen molar-refractivity contribution in [3.05, 3.63) is 82.7 Å². The minimum atomic E-state index is -2.17. The molecule has 2 fully saturated rings. The van der Waals surface area contributed by atoms with Crippen molar-refractivity contribution in [2.24, 2.45) is 0 Å². The molecule has 10 heteroatoms. The third kappa shape index (κ3) is 6.17. The number of ether oxygens (including phenoxy) is 1. The second-order valence-corrected chi connectivity index (χ2v) is 18.0. The van der Waals surface area contributed by atoms with E-state index in [1.807, 2.05) is 42.0 Å². The summed E-state index contributed by atoms with van der Waals surface area (Å²) < 4.78 is 57.2. The first-order chi connectivity index (χ1) is 20.2. The number of fused-ring (bicyclic) bond motifs is 1. The smallest absolute Gasteiger partial charge is 0.250 e. The lowest BCUT2D eigenvalue weighted by atomic mass is 9.82. The number of aryl methyl sites for hydroxylation is 1. The molecule has 1 amide bonds. The first kappa shape index (κ1) is 31.1. The zero-order valence-corrected chi connectivity index (χ0v) is 26.9. The summed E-state index contributed by atoms with van der Waals surface area (Å²) in [5, 5.41) is -0.0285. The summed E-state index contributed by atoms with van der Waals surface area (Å²) in [6, 6.07) is 6.91. The number of methoxy groups -OCH3 is 1. The van der Waals surface area contributed by atoms with Gasteiger partial charge in [-0.1, -0.05) is 26.8 Å². The fourth-order valence-corrected chi connectivity index (χ4v) is 7.31. The Labute approximate surface area is 252 Å². The fraction of sp³-hybridized carbons (Fsp3) is 0.455. The molecule has 3 aromatic rings. The Balaban J connectivity index is 1.48. The van der Waals surface area contributed by atoms with Crippen LogP contribution in [0.15, 0.2) is 48.4 Å². The average molecular weight is 612 g/mol. The van der Waals surface area contributed by atoms with Gasteiger partial charge in [0.1, 0.15) is 5.75 Å². The van der Waals surface area contributed by atoms with E-state index in [1.54, 1.807) is 18.3 Å². The number of benzene rings is 2. The van der Waals surface area contributed by atoms with Gasteiger partial charge in [-0.2, -0.15) is 0 Å². The maximum Gasteiger partial charge on any atom is 0.250 e. The number of amides is 1. The van der Waals surface area contributed by atoms with E-state index >= 15 is 0 Å². The Morgan fingerprint density at radius 1 is 1.07 bits per heavy atom. The number of carbonyl (C=O) groups excluding carboxylic acids is 1. The van der Waals surface area contributed by atoms with Crippen LogP contribution in [0.1, 0.15) is 69.3 Å². The number of aromatic nitrogens is 2. The molecule has 0 unspecified atom stereocenters. The molecule has 0 radical (unpaired) electrons. The van der Waals surface area contributed by atoms with Crippen molar-refractivity contribution in [3.8, 4) is 11.4 Å². The molecule has 0 saturated carbocycles. The SMILES string of the molecule is COc1cc(C=C2CC[C@@H]3C[C@@H](O[Si](C)(C)C(C)(C)C)C[C@@H](c4cc(F)c(F)c(F)c4)N3C2=O)ccc1-n1cnc(C)c1. The van der Waals surface area contributed by atoms with Crippen molar-refractivity contribution in [3.63, 3.8) is 0 Å². The normalized spacial score (nSPS) is 22.2. The lowest BCUT2D eigenvalue weighted by Gasteiger charge is -2.50. The molecule has 0 N–H and O–H groups in total. The molecule has 2 aliphatic heterocycles. The van der Waals surface area contributed by atoms with Gasteiger partial charge < -0.3 is 18.6 Å². The Hall–Kier alpha value is -3.37. The van der Waals surface area contributed by atoms with Crippen molar-refractivity contribution in [1.82, 2.24) is 14.5 Å². The Kier molecular flexibility index (Phi) is 8.39. The number of nitrogens with zero attached hydrogens (tertiary/aromatic N) is 3. The molecule has 2 aromatic carbocycles. The highest BCUT2D eigenvalue weighted by Crippen LogP contribution is 2.45. The molecule has 1 aromatic heterocycles. The topological polar surface area (TPSA) is 56.6 Å². The maximum atomic E-state index is 14.5. The summed E-state index contributed by atoms with van der Waals surface area (Å²) in [5.41, 5.74) is 3.34. The Morgan fingerprint density at radius 2 is 1.77 bits per heavy atom. The molecule has 3 heterocycles. The highest BCUT2D eigenvalue weighted by molar-refractivity contribution is 6.74. The number of hydrogen-bond acceptors (Lipinski definition) is 4. The van der Waals surface area contributed by atoms with Crippen molar-refractivity contribution >= 4 is 20.3 Å². The third-order valence-electron chi connectivity index (χ3n) is 9.20. The van der Waals surface area contributed by atoms with Crippen molar-refractivity contribution in [2.45, 2.75) is 89.7 Å². The van der Waals surface area contributed by atoms with E-state index in [0.29, 0.717) is 37.0 Å². The summed E-state index contributed by atoms with van der Waals surface area (Å²) in [6.07, 6.45) is 7.53. The molecule has 0 spiro atoms. The molecule has 0 bridgehead atoms. The summed E-state index contributed by atoms with van der Waals surface area (Å²) in [5.74, 6) is -3.60. The molecule has 5 rings (SSSR count). The van der Waals surface area contributed by atoms with E-state index in [9.17, 15) is 18.0 Å². The van der Waals surface area contributed by atoms with Gasteiger partial charge in [0.15, 0.2) is 25.8 Å². The van der Waals surface area contributed by atoms with Crippen LogP contribution in [0.2, 0.25) is 18.1 Å².